The number of aromatic nitrogens is 5. The fourth-order valence-electron chi connectivity index (χ4n) is 7.78. The molecule has 6 aromatic rings. The molecule has 0 unspecified atom stereocenters. The van der Waals surface area contributed by atoms with Crippen molar-refractivity contribution >= 4 is 63.6 Å². The molecule has 0 saturated carbocycles. The molecule has 0 saturated heterocycles. The number of aliphatic hydroxyl groups is 1. The highest BCUT2D eigenvalue weighted by Crippen LogP contribution is 2.42. The predicted octanol–water partition coefficient (Wildman–Crippen LogP) is 4.28. The average Bonchev–Trinajstić information content (AvgIpc) is 3.96. The summed E-state index contributed by atoms with van der Waals surface area (Å²) < 4.78 is 12.6. The van der Waals surface area contributed by atoms with Gasteiger partial charge in [0, 0.05) is 103 Å². The highest BCUT2D eigenvalue weighted by Gasteiger charge is 2.28. The number of halogens is 2. The fraction of sp³-hybridized carbons (Fsp3) is 0.326. The van der Waals surface area contributed by atoms with Crippen LogP contribution in [0.25, 0.3) is 44.4 Å². The van der Waals surface area contributed by atoms with Gasteiger partial charge in [-0.1, -0.05) is 48.3 Å². The van der Waals surface area contributed by atoms with Gasteiger partial charge in [-0.15, -0.1) is 0 Å². The van der Waals surface area contributed by atoms with E-state index in [1.807, 2.05) is 6.92 Å². The van der Waals surface area contributed by atoms with Gasteiger partial charge in [-0.2, -0.15) is 5.10 Å². The van der Waals surface area contributed by atoms with Gasteiger partial charge in [-0.25, -0.2) is 4.98 Å². The molecule has 0 spiro atoms. The van der Waals surface area contributed by atoms with Crippen LogP contribution in [-0.4, -0.2) is 123 Å². The number of nitrogen functional groups attached to an aromatic ring is 1. The first kappa shape index (κ1) is 47.4. The number of nitrogens with one attached hydrogen (secondary N) is 4. The monoisotopic (exact) mass is 940 g/mol. The molecule has 4 amide bonds. The number of aliphatic hydroxyl groups excluding tert-OH is 1. The lowest BCUT2D eigenvalue weighted by atomic mass is 9.92. The van der Waals surface area contributed by atoms with Gasteiger partial charge in [0.15, 0.2) is 0 Å². The van der Waals surface area contributed by atoms with E-state index < -0.39 is 6.61 Å². The number of phenolic OH excluding ortho intramolecular Hbond substituents is 1. The number of anilines is 1. The zero-order chi connectivity index (χ0) is 46.7. The Balaban J connectivity index is 0.756. The summed E-state index contributed by atoms with van der Waals surface area (Å²) in [5.74, 6) is -0.700. The molecule has 1 aliphatic heterocycles. The largest absolute Gasteiger partial charge is 0.508 e. The Kier molecular flexibility index (Phi) is 15.9. The van der Waals surface area contributed by atoms with Crippen LogP contribution in [0.2, 0.25) is 10.0 Å². The fourth-order valence-corrected chi connectivity index (χ4v) is 8.18. The Morgan fingerprint density at radius 2 is 1.62 bits per heavy atom. The van der Waals surface area contributed by atoms with Crippen LogP contribution in [0, 0.1) is 0 Å². The molecule has 7 rings (SSSR count). The molecule has 66 heavy (non-hydrogen) atoms. The molecule has 0 fully saturated rings. The highest BCUT2D eigenvalue weighted by molar-refractivity contribution is 6.45. The van der Waals surface area contributed by atoms with Crippen molar-refractivity contribution in [2.45, 2.75) is 39.3 Å². The zero-order valence-electron chi connectivity index (χ0n) is 36.2. The number of rotatable bonds is 20. The minimum Gasteiger partial charge on any atom is -0.508 e. The maximum atomic E-state index is 12.8. The molecule has 20 heteroatoms. The summed E-state index contributed by atoms with van der Waals surface area (Å²) in [5.41, 5.74) is 14.4. The van der Waals surface area contributed by atoms with Gasteiger partial charge in [-0.05, 0) is 47.9 Å². The number of pyridine rings is 2. The summed E-state index contributed by atoms with van der Waals surface area (Å²) in [6, 6.07) is 13.7. The van der Waals surface area contributed by atoms with Crippen LogP contribution >= 0.6 is 23.2 Å². The SMILES string of the molecule is CCc1c(-c2ccc(C(=O)NCCNC(=O)CCOCCOCCNC(=O)Cn3ccc(-c4cc(Cl)c(Cl)c5[nH]c6c(c45)CN(C(=O)CO)CC6)n3)nc2)cnc(N)c1-c1ccc(O)cc1. The number of phenols is 1. The Morgan fingerprint density at radius 1 is 0.879 bits per heavy atom. The van der Waals surface area contributed by atoms with Crippen LogP contribution in [-0.2, 0) is 49.8 Å². The Bertz CT molecular complexity index is 2710. The van der Waals surface area contributed by atoms with Gasteiger partial charge < -0.3 is 51.3 Å². The first-order valence-electron chi connectivity index (χ1n) is 21.4. The van der Waals surface area contributed by atoms with Crippen LogP contribution < -0.4 is 21.7 Å². The molecule has 8 N–H and O–H groups in total. The average molecular weight is 942 g/mol. The first-order valence-corrected chi connectivity index (χ1v) is 22.1. The number of carbonyl (C=O) groups excluding carboxylic acids is 4. The van der Waals surface area contributed by atoms with Crippen molar-refractivity contribution in [3.8, 4) is 39.3 Å². The van der Waals surface area contributed by atoms with Crippen molar-refractivity contribution in [2.24, 2.45) is 0 Å². The predicted molar refractivity (Wildman–Crippen MR) is 249 cm³/mol. The van der Waals surface area contributed by atoms with E-state index in [1.165, 1.54) is 4.68 Å². The lowest BCUT2D eigenvalue weighted by Gasteiger charge is -2.26. The van der Waals surface area contributed by atoms with E-state index in [2.05, 4.69) is 36.0 Å². The number of H-pyrrole nitrogens is 1. The number of hydrogen-bond acceptors (Lipinski definition) is 12. The Morgan fingerprint density at radius 3 is 2.36 bits per heavy atom. The van der Waals surface area contributed by atoms with Gasteiger partial charge in [0.25, 0.3) is 5.91 Å². The van der Waals surface area contributed by atoms with E-state index >= 15 is 0 Å². The molecular weight excluding hydrogens is 891 g/mol. The molecule has 346 valence electrons. The third-order valence-corrected chi connectivity index (χ3v) is 11.8. The first-order chi connectivity index (χ1) is 31.9. The normalized spacial score (nSPS) is 12.3. The van der Waals surface area contributed by atoms with Gasteiger partial charge in [0.1, 0.15) is 30.4 Å². The van der Waals surface area contributed by atoms with Crippen molar-refractivity contribution in [1.29, 1.82) is 0 Å². The minimum absolute atomic E-state index is 0.0348. The van der Waals surface area contributed by atoms with Gasteiger partial charge in [0.2, 0.25) is 17.7 Å². The molecule has 0 atom stereocenters. The van der Waals surface area contributed by atoms with Crippen LogP contribution in [0.5, 0.6) is 5.75 Å². The maximum absolute atomic E-state index is 12.8. The number of fused-ring (bicyclic) bond motifs is 3. The molecular formula is C46H50Cl2N10O8. The standard InChI is InChI=1S/C46H50Cl2N10O8/c1-2-30-32(23-54-45(49)41(30)27-3-6-29(60)7-4-27)28-5-8-37(53-22-28)46(64)52-13-12-50-38(61)11-17-65-19-20-66-18-14-51-39(62)25-58-16-10-36(56-58)31-21-34(47)43(48)44-42(31)33-24-57(40(63)26-59)15-9-35(33)55-44/h3-8,10,16,21-23,55,59-60H,2,9,11-15,17-20,24-26H2,1H3,(H2,49,54)(H,50,61)(H,51,62)(H,52,64). The molecule has 0 bridgehead atoms. The zero-order valence-corrected chi connectivity index (χ0v) is 37.7. The van der Waals surface area contributed by atoms with Gasteiger partial charge in [-0.3, -0.25) is 28.8 Å². The van der Waals surface area contributed by atoms with E-state index in [0.717, 1.165) is 44.5 Å². The second-order valence-corrected chi connectivity index (χ2v) is 16.1. The van der Waals surface area contributed by atoms with E-state index in [0.29, 0.717) is 58.6 Å². The Labute approximate surface area is 389 Å². The lowest BCUT2D eigenvalue weighted by molar-refractivity contribution is -0.135. The number of amides is 4. The second kappa shape index (κ2) is 22.1. The number of carbonyl (C=O) groups is 4. The summed E-state index contributed by atoms with van der Waals surface area (Å²) in [4.78, 5) is 63.7. The van der Waals surface area contributed by atoms with Crippen LogP contribution in [0.15, 0.2) is 67.1 Å². The number of nitrogens with zero attached hydrogens (tertiary/aromatic N) is 5. The second-order valence-electron chi connectivity index (χ2n) is 15.3. The minimum atomic E-state index is -0.572. The number of hydrogen-bond donors (Lipinski definition) is 7. The van der Waals surface area contributed by atoms with Crippen molar-refractivity contribution in [1.82, 2.24) is 45.6 Å². The maximum Gasteiger partial charge on any atom is 0.269 e. The summed E-state index contributed by atoms with van der Waals surface area (Å²) in [7, 11) is 0. The summed E-state index contributed by atoms with van der Waals surface area (Å²) in [5, 5.41) is 33.6. The topological polar surface area (TPSA) is 252 Å². The summed E-state index contributed by atoms with van der Waals surface area (Å²) >= 11 is 13.1. The summed E-state index contributed by atoms with van der Waals surface area (Å²) in [6.45, 7) is 3.84. The van der Waals surface area contributed by atoms with Gasteiger partial charge in [0.05, 0.1) is 47.7 Å². The molecule has 0 aliphatic carbocycles. The van der Waals surface area contributed by atoms with E-state index in [-0.39, 0.29) is 94.1 Å². The smallest absolute Gasteiger partial charge is 0.269 e. The van der Waals surface area contributed by atoms with Gasteiger partial charge >= 0.3 is 0 Å². The van der Waals surface area contributed by atoms with Crippen molar-refractivity contribution < 1.29 is 38.9 Å². The third kappa shape index (κ3) is 11.3. The molecule has 2 aromatic carbocycles. The van der Waals surface area contributed by atoms with E-state index in [1.54, 1.807) is 72.0 Å². The number of aromatic amines is 1. The molecule has 1 aliphatic rings. The van der Waals surface area contributed by atoms with Crippen molar-refractivity contribution in [2.75, 3.05) is 64.9 Å². The van der Waals surface area contributed by atoms with Crippen molar-refractivity contribution in [3.63, 3.8) is 0 Å². The van der Waals surface area contributed by atoms with Crippen molar-refractivity contribution in [3.05, 3.63) is 99.7 Å². The molecule has 18 nitrogen and oxygen atoms in total. The number of nitrogens with two attached hydrogens (primary N) is 1. The Hall–Kier alpha value is -6.57. The number of benzene rings is 2. The quantitative estimate of drug-likeness (QED) is 0.0530. The van der Waals surface area contributed by atoms with E-state index in [9.17, 15) is 29.4 Å². The van der Waals surface area contributed by atoms with Crippen LogP contribution in [0.3, 0.4) is 0 Å². The molecule has 4 aromatic heterocycles. The highest BCUT2D eigenvalue weighted by atomic mass is 35.5. The summed E-state index contributed by atoms with van der Waals surface area (Å²) in [6.07, 6.45) is 6.36. The molecule has 5 heterocycles. The number of aromatic hydroxyl groups is 1. The molecule has 0 radical (unpaired) electrons. The lowest BCUT2D eigenvalue weighted by Crippen LogP contribution is -2.37. The van der Waals surface area contributed by atoms with E-state index in [4.69, 9.17) is 38.4 Å². The van der Waals surface area contributed by atoms with Crippen LogP contribution in [0.4, 0.5) is 5.82 Å². The number of ether oxygens (including phenoxy) is 2. The third-order valence-electron chi connectivity index (χ3n) is 11.0. The van der Waals surface area contributed by atoms with Crippen LogP contribution in [0.1, 0.15) is 40.7 Å².